The predicted molar refractivity (Wildman–Crippen MR) is 90.7 cm³/mol. The van der Waals surface area contributed by atoms with E-state index in [1.54, 1.807) is 0 Å². The van der Waals surface area contributed by atoms with Crippen molar-refractivity contribution >= 4 is 29.1 Å². The van der Waals surface area contributed by atoms with E-state index < -0.39 is 0 Å². The summed E-state index contributed by atoms with van der Waals surface area (Å²) in [5.41, 5.74) is 3.65. The molecule has 4 nitrogen and oxygen atoms in total. The van der Waals surface area contributed by atoms with Gasteiger partial charge in [0, 0.05) is 41.5 Å². The fourth-order valence-electron chi connectivity index (χ4n) is 2.20. The molecule has 1 amide bonds. The van der Waals surface area contributed by atoms with Gasteiger partial charge in [-0.3, -0.25) is 9.59 Å². The number of carbonyl (C=O) groups excluding carboxylic acids is 2. The molecule has 116 valence electrons. The van der Waals surface area contributed by atoms with E-state index in [2.05, 4.69) is 5.32 Å². The van der Waals surface area contributed by atoms with Gasteiger partial charge in [-0.15, -0.1) is 11.8 Å². The topological polar surface area (TPSA) is 51.1 Å². The van der Waals surface area contributed by atoms with Gasteiger partial charge in [-0.1, -0.05) is 0 Å². The Labute approximate surface area is 134 Å². The maximum atomic E-state index is 12.3. The van der Waals surface area contributed by atoms with Crippen LogP contribution in [0.1, 0.15) is 28.7 Å². The van der Waals surface area contributed by atoms with Gasteiger partial charge in [-0.2, -0.15) is 0 Å². The van der Waals surface area contributed by atoms with Crippen LogP contribution in [0.3, 0.4) is 0 Å². The quantitative estimate of drug-likeness (QED) is 0.677. The van der Waals surface area contributed by atoms with Gasteiger partial charge >= 0.3 is 0 Å². The van der Waals surface area contributed by atoms with Gasteiger partial charge < -0.3 is 9.88 Å². The molecule has 0 aliphatic heterocycles. The van der Waals surface area contributed by atoms with Crippen molar-refractivity contribution in [1.29, 1.82) is 0 Å². The van der Waals surface area contributed by atoms with Crippen LogP contribution in [0.2, 0.25) is 0 Å². The first-order chi connectivity index (χ1) is 10.4. The number of anilines is 1. The Morgan fingerprint density at radius 3 is 2.32 bits per heavy atom. The summed E-state index contributed by atoms with van der Waals surface area (Å²) in [6.45, 7) is 5.44. The van der Waals surface area contributed by atoms with Crippen LogP contribution in [0.4, 0.5) is 5.69 Å². The molecule has 0 spiro atoms. The lowest BCUT2D eigenvalue weighted by Crippen LogP contribution is -2.05. The van der Waals surface area contributed by atoms with Gasteiger partial charge in [-0.05, 0) is 44.2 Å². The largest absolute Gasteiger partial charge is 0.351 e. The third-order valence-electron chi connectivity index (χ3n) is 3.62. The average molecular weight is 316 g/mol. The number of thioether (sulfide) groups is 1. The summed E-state index contributed by atoms with van der Waals surface area (Å²) in [6.07, 6.45) is 0. The first-order valence-electron chi connectivity index (χ1n) is 7.05. The van der Waals surface area contributed by atoms with Crippen molar-refractivity contribution in [3.8, 4) is 0 Å². The molecule has 0 atom stereocenters. The maximum absolute atomic E-state index is 12.3. The van der Waals surface area contributed by atoms with E-state index in [4.69, 9.17) is 0 Å². The molecule has 0 saturated carbocycles. The Morgan fingerprint density at radius 1 is 1.18 bits per heavy atom. The zero-order chi connectivity index (χ0) is 16.3. The van der Waals surface area contributed by atoms with Crippen LogP contribution in [-0.2, 0) is 11.8 Å². The fourth-order valence-corrected chi connectivity index (χ4v) is 2.98. The van der Waals surface area contributed by atoms with Crippen molar-refractivity contribution in [3.05, 3.63) is 47.3 Å². The third-order valence-corrected chi connectivity index (χ3v) is 4.63. The Balaban J connectivity index is 1.99. The second kappa shape index (κ2) is 6.83. The summed E-state index contributed by atoms with van der Waals surface area (Å²) in [5, 5.41) is 2.72. The van der Waals surface area contributed by atoms with Crippen molar-refractivity contribution in [3.63, 3.8) is 0 Å². The lowest BCUT2D eigenvalue weighted by atomic mass is 10.2. The highest BCUT2D eigenvalue weighted by atomic mass is 32.2. The zero-order valence-electron chi connectivity index (χ0n) is 13.3. The highest BCUT2D eigenvalue weighted by Gasteiger charge is 2.14. The molecular formula is C17H20N2O2S. The Kier molecular flexibility index (Phi) is 5.08. The lowest BCUT2D eigenvalue weighted by Gasteiger charge is -2.05. The molecule has 22 heavy (non-hydrogen) atoms. The Morgan fingerprint density at radius 2 is 1.82 bits per heavy atom. The number of hydrogen-bond donors (Lipinski definition) is 1. The van der Waals surface area contributed by atoms with E-state index in [1.165, 1.54) is 18.7 Å². The van der Waals surface area contributed by atoms with Gasteiger partial charge in [0.25, 0.3) is 0 Å². The van der Waals surface area contributed by atoms with Crippen LogP contribution >= 0.6 is 11.8 Å². The van der Waals surface area contributed by atoms with Gasteiger partial charge in [-0.25, -0.2) is 0 Å². The summed E-state index contributed by atoms with van der Waals surface area (Å²) in [6, 6.07) is 9.44. The normalized spacial score (nSPS) is 10.5. The van der Waals surface area contributed by atoms with Crippen LogP contribution in [0.5, 0.6) is 0 Å². The van der Waals surface area contributed by atoms with Gasteiger partial charge in [0.05, 0.1) is 5.75 Å². The molecule has 1 aromatic heterocycles. The number of amides is 1. The van der Waals surface area contributed by atoms with Crippen molar-refractivity contribution in [2.45, 2.75) is 25.7 Å². The molecule has 2 rings (SSSR count). The minimum absolute atomic E-state index is 0.0921. The molecule has 0 radical (unpaired) electrons. The molecular weight excluding hydrogens is 296 g/mol. The number of nitrogens with zero attached hydrogens (tertiary/aromatic N) is 1. The standard InChI is InChI=1S/C17H20N2O2S/c1-11-9-16(12(2)19(11)4)17(21)10-22-15-7-5-14(6-8-15)18-13(3)20/h5-9H,10H2,1-4H3,(H,18,20). The van der Waals surface area contributed by atoms with E-state index in [9.17, 15) is 9.59 Å². The Bertz CT molecular complexity index is 702. The van der Waals surface area contributed by atoms with E-state index in [-0.39, 0.29) is 11.7 Å². The summed E-state index contributed by atoms with van der Waals surface area (Å²) in [5.74, 6) is 0.451. The number of hydrogen-bond acceptors (Lipinski definition) is 3. The van der Waals surface area contributed by atoms with Crippen LogP contribution in [0, 0.1) is 13.8 Å². The minimum Gasteiger partial charge on any atom is -0.351 e. The fraction of sp³-hybridized carbons (Fsp3) is 0.294. The minimum atomic E-state index is -0.0921. The van der Waals surface area contributed by atoms with Crippen LogP contribution in [0.25, 0.3) is 0 Å². The lowest BCUT2D eigenvalue weighted by molar-refractivity contribution is -0.114. The molecule has 0 bridgehead atoms. The number of Topliss-reactive ketones (excluding diaryl/α,β-unsaturated/α-hetero) is 1. The predicted octanol–water partition coefficient (Wildman–Crippen LogP) is 3.58. The molecule has 0 aliphatic carbocycles. The summed E-state index contributed by atoms with van der Waals surface area (Å²) in [4.78, 5) is 24.3. The number of ketones is 1. The van der Waals surface area contributed by atoms with Crippen molar-refractivity contribution in [1.82, 2.24) is 4.57 Å². The van der Waals surface area contributed by atoms with Gasteiger partial charge in [0.2, 0.25) is 5.91 Å². The van der Waals surface area contributed by atoms with Crippen molar-refractivity contribution < 1.29 is 9.59 Å². The van der Waals surface area contributed by atoms with Crippen LogP contribution in [0.15, 0.2) is 35.2 Å². The van der Waals surface area contributed by atoms with Gasteiger partial charge in [0.1, 0.15) is 0 Å². The Hall–Kier alpha value is -2.01. The maximum Gasteiger partial charge on any atom is 0.221 e. The van der Waals surface area contributed by atoms with E-state index in [0.717, 1.165) is 27.5 Å². The highest BCUT2D eigenvalue weighted by molar-refractivity contribution is 8.00. The second-order valence-corrected chi connectivity index (χ2v) is 6.31. The first-order valence-corrected chi connectivity index (χ1v) is 8.03. The zero-order valence-corrected chi connectivity index (χ0v) is 14.1. The van der Waals surface area contributed by atoms with Crippen LogP contribution < -0.4 is 5.32 Å². The molecule has 0 aliphatic rings. The molecule has 0 fully saturated rings. The van der Waals surface area contributed by atoms with E-state index in [1.807, 2.05) is 55.8 Å². The monoisotopic (exact) mass is 316 g/mol. The van der Waals surface area contributed by atoms with E-state index in [0.29, 0.717) is 5.75 Å². The first kappa shape index (κ1) is 16.4. The van der Waals surface area contributed by atoms with E-state index >= 15 is 0 Å². The third kappa shape index (κ3) is 3.80. The highest BCUT2D eigenvalue weighted by Crippen LogP contribution is 2.23. The van der Waals surface area contributed by atoms with Crippen molar-refractivity contribution in [2.75, 3.05) is 11.1 Å². The smallest absolute Gasteiger partial charge is 0.221 e. The summed E-state index contributed by atoms with van der Waals surface area (Å²) < 4.78 is 2.03. The molecule has 1 aromatic carbocycles. The number of aryl methyl sites for hydroxylation is 1. The second-order valence-electron chi connectivity index (χ2n) is 5.26. The number of carbonyl (C=O) groups is 2. The van der Waals surface area contributed by atoms with Gasteiger partial charge in [0.15, 0.2) is 5.78 Å². The molecule has 1 heterocycles. The average Bonchev–Trinajstić information content (AvgIpc) is 2.73. The molecule has 5 heteroatoms. The summed E-state index contributed by atoms with van der Waals surface area (Å²) >= 11 is 1.50. The SMILES string of the molecule is CC(=O)Nc1ccc(SCC(=O)c2cc(C)n(C)c2C)cc1. The molecule has 2 aromatic rings. The number of rotatable bonds is 5. The van der Waals surface area contributed by atoms with Crippen LogP contribution in [-0.4, -0.2) is 22.0 Å². The number of nitrogens with one attached hydrogen (secondary N) is 1. The number of aromatic nitrogens is 1. The van der Waals surface area contributed by atoms with Crippen molar-refractivity contribution in [2.24, 2.45) is 7.05 Å². The summed E-state index contributed by atoms with van der Waals surface area (Å²) in [7, 11) is 1.97. The number of benzene rings is 1. The molecule has 0 saturated heterocycles. The molecule has 1 N–H and O–H groups in total. The molecule has 0 unspecified atom stereocenters.